The lowest BCUT2D eigenvalue weighted by atomic mass is 9.93. The summed E-state index contributed by atoms with van der Waals surface area (Å²) in [4.78, 5) is 16.0. The van der Waals surface area contributed by atoms with Gasteiger partial charge in [-0.05, 0) is 19.3 Å². The zero-order valence-electron chi connectivity index (χ0n) is 13.1. The van der Waals surface area contributed by atoms with Crippen LogP contribution in [0.25, 0.3) is 0 Å². The molecule has 1 heterocycles. The zero-order valence-corrected chi connectivity index (χ0v) is 13.1. The van der Waals surface area contributed by atoms with Crippen molar-refractivity contribution in [3.63, 3.8) is 0 Å². The lowest BCUT2D eigenvalue weighted by Gasteiger charge is -2.20. The molecule has 5 heteroatoms. The highest BCUT2D eigenvalue weighted by molar-refractivity contribution is 5.76. The number of nitrogens with one attached hydrogen (secondary N) is 1. The molecule has 0 spiro atoms. The van der Waals surface area contributed by atoms with Crippen molar-refractivity contribution in [1.29, 1.82) is 0 Å². The molecule has 20 heavy (non-hydrogen) atoms. The van der Waals surface area contributed by atoms with Crippen LogP contribution in [0.5, 0.6) is 0 Å². The molecule has 2 atom stereocenters. The van der Waals surface area contributed by atoms with Gasteiger partial charge in [-0.25, -0.2) is 4.98 Å². The molecular weight excluding hydrogens is 252 g/mol. The van der Waals surface area contributed by atoms with E-state index < -0.39 is 0 Å². The van der Waals surface area contributed by atoms with E-state index in [-0.39, 0.29) is 17.9 Å². The lowest BCUT2D eigenvalue weighted by Crippen LogP contribution is -2.32. The summed E-state index contributed by atoms with van der Waals surface area (Å²) in [5.74, 6) is 0.840. The number of amides is 1. The normalized spacial score (nSPS) is 14.3. The van der Waals surface area contributed by atoms with Crippen molar-refractivity contribution in [3.8, 4) is 0 Å². The summed E-state index contributed by atoms with van der Waals surface area (Å²) in [7, 11) is 0. The Morgan fingerprint density at radius 3 is 2.70 bits per heavy atom. The van der Waals surface area contributed by atoms with Crippen molar-refractivity contribution in [2.75, 3.05) is 6.54 Å². The number of imidazole rings is 1. The fraction of sp³-hybridized carbons (Fsp3) is 0.733. The van der Waals surface area contributed by atoms with E-state index in [4.69, 9.17) is 5.73 Å². The Bertz CT molecular complexity index is 414. The number of hydrogen-bond acceptors (Lipinski definition) is 3. The highest BCUT2D eigenvalue weighted by atomic mass is 16.1. The molecule has 1 rings (SSSR count). The second kappa shape index (κ2) is 8.04. The van der Waals surface area contributed by atoms with Crippen LogP contribution < -0.4 is 11.1 Å². The summed E-state index contributed by atoms with van der Waals surface area (Å²) < 4.78 is 2.05. The van der Waals surface area contributed by atoms with Crippen molar-refractivity contribution in [1.82, 2.24) is 14.9 Å². The summed E-state index contributed by atoms with van der Waals surface area (Å²) >= 11 is 0. The van der Waals surface area contributed by atoms with Crippen LogP contribution in [0.1, 0.15) is 52.1 Å². The molecule has 0 fully saturated rings. The van der Waals surface area contributed by atoms with Crippen LogP contribution in [0.4, 0.5) is 0 Å². The van der Waals surface area contributed by atoms with Crippen LogP contribution >= 0.6 is 0 Å². The fourth-order valence-corrected chi connectivity index (χ4v) is 2.23. The first-order valence-corrected chi connectivity index (χ1v) is 7.49. The Hall–Kier alpha value is -1.36. The first-order valence-electron chi connectivity index (χ1n) is 7.49. The maximum absolute atomic E-state index is 11.8. The topological polar surface area (TPSA) is 72.9 Å². The van der Waals surface area contributed by atoms with Crippen LogP contribution in [0, 0.1) is 5.92 Å². The van der Waals surface area contributed by atoms with E-state index in [1.54, 1.807) is 6.33 Å². The number of rotatable bonds is 8. The Kier molecular flexibility index (Phi) is 6.71. The summed E-state index contributed by atoms with van der Waals surface area (Å²) in [6.07, 6.45) is 5.08. The number of nitrogens with two attached hydrogens (primary N) is 1. The number of hydrogen-bond donors (Lipinski definition) is 2. The smallest absolute Gasteiger partial charge is 0.221 e. The predicted molar refractivity (Wildman–Crippen MR) is 81.4 cm³/mol. The van der Waals surface area contributed by atoms with Crippen molar-refractivity contribution in [2.24, 2.45) is 11.7 Å². The number of nitrogens with zero attached hydrogens (tertiary/aromatic N) is 2. The second-order valence-electron chi connectivity index (χ2n) is 5.72. The highest BCUT2D eigenvalue weighted by Crippen LogP contribution is 2.23. The maximum atomic E-state index is 11.8. The molecule has 0 aliphatic carbocycles. The third kappa shape index (κ3) is 4.63. The fourth-order valence-electron chi connectivity index (χ4n) is 2.23. The van der Waals surface area contributed by atoms with Gasteiger partial charge in [0.05, 0.1) is 6.33 Å². The van der Waals surface area contributed by atoms with E-state index in [0.717, 1.165) is 12.1 Å². The van der Waals surface area contributed by atoms with Crippen molar-refractivity contribution in [3.05, 3.63) is 18.2 Å². The molecule has 1 aromatic rings. The van der Waals surface area contributed by atoms with Crippen molar-refractivity contribution < 1.29 is 4.79 Å². The Morgan fingerprint density at radius 2 is 2.15 bits per heavy atom. The third-order valence-corrected chi connectivity index (χ3v) is 3.78. The van der Waals surface area contributed by atoms with Gasteiger partial charge in [0.1, 0.15) is 0 Å². The third-order valence-electron chi connectivity index (χ3n) is 3.78. The van der Waals surface area contributed by atoms with Gasteiger partial charge in [-0.3, -0.25) is 4.79 Å². The number of carbonyl (C=O) groups excluding carboxylic acids is 1. The molecular formula is C15H28N4O. The van der Waals surface area contributed by atoms with Gasteiger partial charge in [-0.1, -0.05) is 20.8 Å². The summed E-state index contributed by atoms with van der Waals surface area (Å²) in [6, 6.07) is 0.234. The quantitative estimate of drug-likeness (QED) is 0.763. The molecule has 0 aliphatic heterocycles. The van der Waals surface area contributed by atoms with Crippen LogP contribution in [0.15, 0.2) is 12.5 Å². The minimum atomic E-state index is 0.0906. The maximum Gasteiger partial charge on any atom is 0.221 e. The lowest BCUT2D eigenvalue weighted by molar-refractivity contribution is -0.121. The molecule has 2 unspecified atom stereocenters. The predicted octanol–water partition coefficient (Wildman–Crippen LogP) is 1.89. The average molecular weight is 280 g/mol. The van der Waals surface area contributed by atoms with Crippen molar-refractivity contribution in [2.45, 2.75) is 59.0 Å². The standard InChI is InChI=1S/C15H28N4O/c1-5-12(4)18-15(20)6-7-19-10-17-9-14(19)13(8-16)11(2)3/h9-13H,5-8,16H2,1-4H3,(H,18,20). The van der Waals surface area contributed by atoms with E-state index in [1.165, 1.54) is 0 Å². The van der Waals surface area contributed by atoms with Crippen molar-refractivity contribution >= 4 is 5.91 Å². The highest BCUT2D eigenvalue weighted by Gasteiger charge is 2.18. The van der Waals surface area contributed by atoms with E-state index in [1.807, 2.05) is 17.7 Å². The van der Waals surface area contributed by atoms with Gasteiger partial charge in [0.2, 0.25) is 5.91 Å². The molecule has 5 nitrogen and oxygen atoms in total. The molecule has 0 aliphatic rings. The first kappa shape index (κ1) is 16.7. The van der Waals surface area contributed by atoms with Gasteiger partial charge in [0.15, 0.2) is 0 Å². The van der Waals surface area contributed by atoms with Gasteiger partial charge in [-0.2, -0.15) is 0 Å². The minimum absolute atomic E-state index is 0.0906. The molecule has 114 valence electrons. The summed E-state index contributed by atoms with van der Waals surface area (Å²) in [6.45, 7) is 9.65. The molecule has 1 amide bonds. The van der Waals surface area contributed by atoms with Crippen LogP contribution in [0.2, 0.25) is 0 Å². The molecule has 3 N–H and O–H groups in total. The van der Waals surface area contributed by atoms with Crippen LogP contribution in [-0.2, 0) is 11.3 Å². The molecule has 0 radical (unpaired) electrons. The summed E-state index contributed by atoms with van der Waals surface area (Å²) in [5, 5.41) is 2.98. The summed E-state index contributed by atoms with van der Waals surface area (Å²) in [5.41, 5.74) is 6.98. The van der Waals surface area contributed by atoms with Gasteiger partial charge in [0, 0.05) is 43.4 Å². The SMILES string of the molecule is CCC(C)NC(=O)CCn1cncc1C(CN)C(C)C. The second-order valence-corrected chi connectivity index (χ2v) is 5.72. The number of aromatic nitrogens is 2. The van der Waals surface area contributed by atoms with Crippen LogP contribution in [0.3, 0.4) is 0 Å². The Labute approximate surface area is 122 Å². The first-order chi connectivity index (χ1) is 9.49. The largest absolute Gasteiger partial charge is 0.354 e. The molecule has 0 aromatic carbocycles. The molecule has 0 bridgehead atoms. The molecule has 0 saturated carbocycles. The molecule has 1 aromatic heterocycles. The Balaban J connectivity index is 2.61. The van der Waals surface area contributed by atoms with E-state index in [9.17, 15) is 4.79 Å². The minimum Gasteiger partial charge on any atom is -0.354 e. The van der Waals surface area contributed by atoms with E-state index >= 15 is 0 Å². The van der Waals surface area contributed by atoms with Gasteiger partial charge in [-0.15, -0.1) is 0 Å². The number of carbonyl (C=O) groups is 1. The van der Waals surface area contributed by atoms with Gasteiger partial charge in [0.25, 0.3) is 0 Å². The van der Waals surface area contributed by atoms with Crippen LogP contribution in [-0.4, -0.2) is 28.0 Å². The van der Waals surface area contributed by atoms with Gasteiger partial charge >= 0.3 is 0 Å². The zero-order chi connectivity index (χ0) is 15.1. The molecule has 0 saturated heterocycles. The Morgan fingerprint density at radius 1 is 1.45 bits per heavy atom. The van der Waals surface area contributed by atoms with Gasteiger partial charge < -0.3 is 15.6 Å². The monoisotopic (exact) mass is 280 g/mol. The van der Waals surface area contributed by atoms with E-state index in [0.29, 0.717) is 25.4 Å². The average Bonchev–Trinajstić information content (AvgIpc) is 2.85. The number of aryl methyl sites for hydroxylation is 1. The van der Waals surface area contributed by atoms with E-state index in [2.05, 4.69) is 31.1 Å².